The molecule has 0 aliphatic carbocycles. The summed E-state index contributed by atoms with van der Waals surface area (Å²) in [5, 5.41) is 0. The number of aromatic nitrogens is 1. The average molecular weight is 486 g/mol. The normalized spacial score (nSPS) is 12.0. The molecule has 3 N–H and O–H groups in total. The number of carbonyl (C=O) groups excluding carboxylic acids is 1. The number of hydrogen-bond acceptors (Lipinski definition) is 5. The lowest BCUT2D eigenvalue weighted by atomic mass is 9.89. The predicted octanol–water partition coefficient (Wildman–Crippen LogP) is 5.63. The van der Waals surface area contributed by atoms with Gasteiger partial charge in [0.1, 0.15) is 11.6 Å². The Hall–Kier alpha value is -2.97. The zero-order chi connectivity index (χ0) is 24.8. The Morgan fingerprint density at radius 1 is 1.12 bits per heavy atom. The molecule has 8 heteroatoms. The van der Waals surface area contributed by atoms with Crippen LogP contribution in [0.2, 0.25) is 0 Å². The van der Waals surface area contributed by atoms with Crippen LogP contribution in [-0.4, -0.2) is 16.1 Å². The van der Waals surface area contributed by atoms with Gasteiger partial charge in [0.2, 0.25) is 0 Å². The van der Waals surface area contributed by atoms with E-state index in [1.54, 1.807) is 31.3 Å². The van der Waals surface area contributed by atoms with Crippen molar-refractivity contribution in [2.75, 3.05) is 11.5 Å². The molecule has 0 spiro atoms. The highest BCUT2D eigenvalue weighted by molar-refractivity contribution is 7.97. The number of hydrogen-bond donors (Lipinski definition) is 2. The van der Waals surface area contributed by atoms with Crippen LogP contribution in [0.4, 0.5) is 14.5 Å². The summed E-state index contributed by atoms with van der Waals surface area (Å²) in [4.78, 5) is 25.9. The minimum Gasteiger partial charge on any atom is -0.396 e. The van der Waals surface area contributed by atoms with Gasteiger partial charge in [0, 0.05) is 47.8 Å². The number of nitrogens with zero attached hydrogens (tertiary/aromatic N) is 1. The summed E-state index contributed by atoms with van der Waals surface area (Å²) in [5.41, 5.74) is 7.63. The number of unbranched alkanes of at least 4 members (excludes halogenated alkanes) is 1. The molecule has 2 aromatic carbocycles. The van der Waals surface area contributed by atoms with Gasteiger partial charge >= 0.3 is 0 Å². The van der Waals surface area contributed by atoms with Gasteiger partial charge < -0.3 is 10.3 Å². The first-order valence-corrected chi connectivity index (χ1v) is 12.2. The van der Waals surface area contributed by atoms with Crippen molar-refractivity contribution in [3.63, 3.8) is 0 Å². The molecule has 0 radical (unpaired) electrons. The zero-order valence-corrected chi connectivity index (χ0v) is 20.3. The van der Waals surface area contributed by atoms with Gasteiger partial charge in [-0.25, -0.2) is 8.78 Å². The van der Waals surface area contributed by atoms with E-state index in [0.717, 1.165) is 24.7 Å². The van der Waals surface area contributed by atoms with Gasteiger partial charge in [-0.1, -0.05) is 32.2 Å². The number of halogens is 2. The van der Waals surface area contributed by atoms with Crippen LogP contribution in [-0.2, 0) is 7.05 Å². The molecule has 0 saturated heterocycles. The van der Waals surface area contributed by atoms with Gasteiger partial charge in [0.25, 0.3) is 5.56 Å². The summed E-state index contributed by atoms with van der Waals surface area (Å²) in [6.45, 7) is 4.12. The van der Waals surface area contributed by atoms with Crippen molar-refractivity contribution in [3.05, 3.63) is 87.3 Å². The molecule has 0 fully saturated rings. The standard InChI is InChI=1S/C26H29F2N3O2S/c1-4-6-11-34-30-24(5-2)19-14-25(32)31(3)15-21(19)18-13-23(29)22(28)12-20(18)26(33)16-7-9-17(27)10-8-16/h7-10,12-15,24,30H,4-6,11,29H2,1-3H3. The Morgan fingerprint density at radius 2 is 1.82 bits per heavy atom. The van der Waals surface area contributed by atoms with Crippen LogP contribution < -0.4 is 16.0 Å². The zero-order valence-electron chi connectivity index (χ0n) is 19.5. The SMILES string of the molecule is CCCCSNC(CC)c1cc(=O)n(C)cc1-c1cc(N)c(F)cc1C(=O)c1ccc(F)cc1. The minimum atomic E-state index is -0.721. The van der Waals surface area contributed by atoms with E-state index in [4.69, 9.17) is 5.73 Å². The average Bonchev–Trinajstić information content (AvgIpc) is 2.82. The Labute approximate surface area is 202 Å². The van der Waals surface area contributed by atoms with Crippen molar-refractivity contribution >= 4 is 23.4 Å². The monoisotopic (exact) mass is 485 g/mol. The topological polar surface area (TPSA) is 77.1 Å². The van der Waals surface area contributed by atoms with E-state index in [1.807, 2.05) is 6.92 Å². The summed E-state index contributed by atoms with van der Waals surface area (Å²) in [6.07, 6.45) is 4.47. The molecule has 0 amide bonds. The molecule has 180 valence electrons. The first-order chi connectivity index (χ1) is 16.3. The van der Waals surface area contributed by atoms with Crippen molar-refractivity contribution in [1.82, 2.24) is 9.29 Å². The maximum atomic E-state index is 14.5. The number of carbonyl (C=O) groups is 1. The van der Waals surface area contributed by atoms with Crippen molar-refractivity contribution in [2.45, 2.75) is 39.2 Å². The quantitative estimate of drug-likeness (QED) is 0.168. The fourth-order valence-electron chi connectivity index (χ4n) is 3.66. The van der Waals surface area contributed by atoms with Crippen molar-refractivity contribution < 1.29 is 13.6 Å². The number of anilines is 1. The number of benzene rings is 2. The lowest BCUT2D eigenvalue weighted by molar-refractivity contribution is 0.103. The minimum absolute atomic E-state index is 0.0895. The molecule has 5 nitrogen and oxygen atoms in total. The largest absolute Gasteiger partial charge is 0.396 e. The van der Waals surface area contributed by atoms with Crippen LogP contribution in [0.25, 0.3) is 11.1 Å². The lowest BCUT2D eigenvalue weighted by Gasteiger charge is -2.22. The van der Waals surface area contributed by atoms with Crippen LogP contribution >= 0.6 is 11.9 Å². The first-order valence-electron chi connectivity index (χ1n) is 11.2. The summed E-state index contributed by atoms with van der Waals surface area (Å²) >= 11 is 1.59. The Balaban J connectivity index is 2.17. The number of aryl methyl sites for hydroxylation is 1. The van der Waals surface area contributed by atoms with E-state index in [1.165, 1.54) is 34.9 Å². The summed E-state index contributed by atoms with van der Waals surface area (Å²) in [5.74, 6) is -0.740. The molecular formula is C26H29F2N3O2S. The number of nitrogen functional groups attached to an aromatic ring is 1. The van der Waals surface area contributed by atoms with Crippen molar-refractivity contribution in [1.29, 1.82) is 0 Å². The van der Waals surface area contributed by atoms with E-state index >= 15 is 0 Å². The Kier molecular flexibility index (Phi) is 8.63. The van der Waals surface area contributed by atoms with E-state index in [-0.39, 0.29) is 28.4 Å². The maximum Gasteiger partial charge on any atom is 0.250 e. The van der Waals surface area contributed by atoms with E-state index in [0.29, 0.717) is 23.1 Å². The fraction of sp³-hybridized carbons (Fsp3) is 0.308. The molecule has 34 heavy (non-hydrogen) atoms. The van der Waals surface area contributed by atoms with E-state index < -0.39 is 17.4 Å². The number of nitrogens with one attached hydrogen (secondary N) is 1. The van der Waals surface area contributed by atoms with Gasteiger partial charge in [-0.2, -0.15) is 0 Å². The van der Waals surface area contributed by atoms with Crippen LogP contribution in [0.5, 0.6) is 0 Å². The summed E-state index contributed by atoms with van der Waals surface area (Å²) < 4.78 is 32.8. The second kappa shape index (κ2) is 11.4. The third kappa shape index (κ3) is 5.74. The van der Waals surface area contributed by atoms with Gasteiger partial charge in [-0.05, 0) is 60.4 Å². The number of pyridine rings is 1. The van der Waals surface area contributed by atoms with Gasteiger partial charge in [0.15, 0.2) is 5.78 Å². The van der Waals surface area contributed by atoms with Crippen molar-refractivity contribution in [3.8, 4) is 11.1 Å². The number of nitrogens with two attached hydrogens (primary N) is 1. The summed E-state index contributed by atoms with van der Waals surface area (Å²) in [7, 11) is 1.62. The molecular weight excluding hydrogens is 456 g/mol. The third-order valence-electron chi connectivity index (χ3n) is 5.65. The second-order valence-corrected chi connectivity index (χ2v) is 9.06. The first kappa shape index (κ1) is 25.6. The van der Waals surface area contributed by atoms with Crippen molar-refractivity contribution in [2.24, 2.45) is 7.05 Å². The molecule has 0 aliphatic heterocycles. The molecule has 0 aliphatic rings. The molecule has 1 heterocycles. The summed E-state index contributed by atoms with van der Waals surface area (Å²) in [6, 6.07) is 8.98. The smallest absolute Gasteiger partial charge is 0.250 e. The van der Waals surface area contributed by atoms with Gasteiger partial charge in [-0.15, -0.1) is 0 Å². The maximum absolute atomic E-state index is 14.5. The molecule has 1 atom stereocenters. The van der Waals surface area contributed by atoms with Gasteiger partial charge in [0.05, 0.1) is 5.69 Å². The lowest BCUT2D eigenvalue weighted by Crippen LogP contribution is -2.22. The molecule has 3 aromatic rings. The fourth-order valence-corrected chi connectivity index (χ4v) is 4.70. The van der Waals surface area contributed by atoms with Crippen LogP contribution in [0, 0.1) is 11.6 Å². The van der Waals surface area contributed by atoms with Crippen LogP contribution in [0.15, 0.2) is 53.5 Å². The highest BCUT2D eigenvalue weighted by atomic mass is 32.2. The van der Waals surface area contributed by atoms with E-state index in [9.17, 15) is 18.4 Å². The van der Waals surface area contributed by atoms with E-state index in [2.05, 4.69) is 11.6 Å². The molecule has 3 rings (SSSR count). The highest BCUT2D eigenvalue weighted by Crippen LogP contribution is 2.35. The molecule has 1 aromatic heterocycles. The number of ketones is 1. The highest BCUT2D eigenvalue weighted by Gasteiger charge is 2.23. The van der Waals surface area contributed by atoms with Crippen LogP contribution in [0.3, 0.4) is 0 Å². The van der Waals surface area contributed by atoms with Crippen LogP contribution in [0.1, 0.15) is 60.6 Å². The second-order valence-electron chi connectivity index (χ2n) is 8.13. The van der Waals surface area contributed by atoms with Gasteiger partial charge in [-0.3, -0.25) is 14.3 Å². The third-order valence-corrected chi connectivity index (χ3v) is 6.59. The Bertz CT molecular complexity index is 1230. The molecule has 0 saturated carbocycles. The number of rotatable bonds is 10. The molecule has 0 bridgehead atoms. The molecule has 1 unspecified atom stereocenters. The predicted molar refractivity (Wildman–Crippen MR) is 135 cm³/mol. The Morgan fingerprint density at radius 3 is 2.47 bits per heavy atom.